The second-order valence-electron chi connectivity index (χ2n) is 11.4. The first kappa shape index (κ1) is 35.2. The second kappa shape index (κ2) is 13.6. The molecule has 0 saturated carbocycles. The van der Waals surface area contributed by atoms with Gasteiger partial charge in [-0.15, -0.1) is 0 Å². The molecule has 2 aromatic carbocycles. The molecule has 1 fully saturated rings. The van der Waals surface area contributed by atoms with Crippen LogP contribution >= 0.6 is 0 Å². The molecule has 0 aliphatic carbocycles. The molecule has 0 unspecified atom stereocenters. The van der Waals surface area contributed by atoms with E-state index in [0.717, 1.165) is 25.1 Å². The summed E-state index contributed by atoms with van der Waals surface area (Å²) in [5, 5.41) is 4.17. The Labute approximate surface area is 265 Å². The van der Waals surface area contributed by atoms with E-state index in [-0.39, 0.29) is 26.0 Å². The van der Waals surface area contributed by atoms with Crippen molar-refractivity contribution in [2.45, 2.75) is 62.7 Å². The topological polar surface area (TPSA) is 122 Å². The Hall–Kier alpha value is -4.69. The lowest BCUT2D eigenvalue weighted by atomic mass is 9.79. The molecule has 1 saturated heterocycles. The number of hydrogen-bond donors (Lipinski definition) is 2. The van der Waals surface area contributed by atoms with Gasteiger partial charge in [0, 0.05) is 30.6 Å². The number of anilines is 1. The number of carbonyl (C=O) groups excluding carboxylic acids is 5. The van der Waals surface area contributed by atoms with E-state index in [4.69, 9.17) is 4.74 Å². The van der Waals surface area contributed by atoms with Gasteiger partial charge in [0.05, 0.1) is 24.1 Å². The van der Waals surface area contributed by atoms with Gasteiger partial charge in [-0.2, -0.15) is 22.0 Å². The number of carbonyl (C=O) groups is 5. The summed E-state index contributed by atoms with van der Waals surface area (Å²) in [5.74, 6) is -13.3. The third kappa shape index (κ3) is 7.33. The number of amides is 3. The fourth-order valence-electron chi connectivity index (χ4n) is 5.77. The average molecular weight is 668 g/mol. The number of nitrogens with one attached hydrogen (secondary N) is 2. The van der Waals surface area contributed by atoms with Crippen LogP contribution in [0.5, 0.6) is 0 Å². The van der Waals surface area contributed by atoms with Crippen molar-refractivity contribution >= 4 is 35.2 Å². The second-order valence-corrected chi connectivity index (χ2v) is 11.4. The number of rotatable bonds is 11. The molecule has 2 aromatic rings. The molecule has 2 N–H and O–H groups in total. The summed E-state index contributed by atoms with van der Waals surface area (Å²) in [5.41, 5.74) is 0.264. The number of ether oxygens (including phenoxy) is 1. The third-order valence-corrected chi connectivity index (χ3v) is 8.21. The van der Waals surface area contributed by atoms with Gasteiger partial charge in [-0.3, -0.25) is 19.2 Å². The highest BCUT2D eigenvalue weighted by molar-refractivity contribution is 6.07. The quantitative estimate of drug-likeness (QED) is 0.210. The van der Waals surface area contributed by atoms with Crippen molar-refractivity contribution in [2.24, 2.45) is 5.92 Å². The van der Waals surface area contributed by atoms with Crippen LogP contribution < -0.4 is 10.6 Å². The minimum absolute atomic E-state index is 0.0354. The molecule has 4 rings (SSSR count). The van der Waals surface area contributed by atoms with Crippen LogP contribution in [-0.2, 0) is 40.5 Å². The van der Waals surface area contributed by atoms with E-state index in [1.807, 2.05) is 0 Å². The van der Waals surface area contributed by atoms with Crippen molar-refractivity contribution in [3.63, 3.8) is 0 Å². The Balaban J connectivity index is 1.66. The maximum atomic E-state index is 14.3. The van der Waals surface area contributed by atoms with E-state index < -0.39 is 77.2 Å². The van der Waals surface area contributed by atoms with E-state index in [0.29, 0.717) is 16.8 Å². The van der Waals surface area contributed by atoms with Crippen molar-refractivity contribution in [3.8, 4) is 0 Å². The van der Waals surface area contributed by atoms with Crippen LogP contribution in [0.3, 0.4) is 0 Å². The van der Waals surface area contributed by atoms with Crippen molar-refractivity contribution in [3.05, 3.63) is 77.6 Å². The van der Waals surface area contributed by atoms with E-state index in [9.17, 15) is 50.3 Å². The standard InChI is InChI=1S/C32H31F6N3O6/c1-3-47-26(43)13-12-22-16-30(23-6-4-5-7-24(23)40-28(30)45)17-41(22)27(44)20(14-19-8-10-21(33)11-9-19)15-25(42)18(2)39-29(46)31(34,35)32(36,37)38/h4-13,18,20,22H,3,14-17H2,1-2H3,(H,39,46)(H,40,45)/b13-12+/t18-,20+,22+,30-/m0/s1. The van der Waals surface area contributed by atoms with Gasteiger partial charge in [0.2, 0.25) is 11.8 Å². The van der Waals surface area contributed by atoms with Gasteiger partial charge in [0.25, 0.3) is 0 Å². The van der Waals surface area contributed by atoms with Gasteiger partial charge >= 0.3 is 24.0 Å². The molecular formula is C32H31F6N3O6. The first-order valence-electron chi connectivity index (χ1n) is 14.6. The molecule has 2 aliphatic heterocycles. The molecule has 0 radical (unpaired) electrons. The Bertz CT molecular complexity index is 1580. The number of ketones is 1. The number of alkyl halides is 5. The summed E-state index contributed by atoms with van der Waals surface area (Å²) >= 11 is 0. The molecule has 4 atom stereocenters. The zero-order valence-corrected chi connectivity index (χ0v) is 25.2. The van der Waals surface area contributed by atoms with E-state index in [2.05, 4.69) is 5.32 Å². The van der Waals surface area contributed by atoms with Crippen LogP contribution in [0, 0.1) is 11.7 Å². The lowest BCUT2D eigenvalue weighted by Gasteiger charge is -2.29. The Kier molecular flexibility index (Phi) is 10.2. The summed E-state index contributed by atoms with van der Waals surface area (Å²) < 4.78 is 83.8. The van der Waals surface area contributed by atoms with Crippen molar-refractivity contribution in [1.82, 2.24) is 10.2 Å². The van der Waals surface area contributed by atoms with Crippen LogP contribution in [0.15, 0.2) is 60.7 Å². The number of halogens is 6. The number of esters is 1. The lowest BCUT2D eigenvalue weighted by molar-refractivity contribution is -0.270. The number of hydrogen-bond acceptors (Lipinski definition) is 6. The number of para-hydroxylation sites is 1. The molecule has 252 valence electrons. The van der Waals surface area contributed by atoms with Crippen LogP contribution in [0.25, 0.3) is 0 Å². The number of nitrogens with zero attached hydrogens (tertiary/aromatic N) is 1. The lowest BCUT2D eigenvalue weighted by Crippen LogP contribution is -2.54. The molecule has 9 nitrogen and oxygen atoms in total. The van der Waals surface area contributed by atoms with Crippen LogP contribution in [0.2, 0.25) is 0 Å². The van der Waals surface area contributed by atoms with Crippen LogP contribution in [0.4, 0.5) is 32.0 Å². The Morgan fingerprint density at radius 2 is 1.74 bits per heavy atom. The highest BCUT2D eigenvalue weighted by atomic mass is 19.4. The molecule has 2 heterocycles. The van der Waals surface area contributed by atoms with E-state index >= 15 is 0 Å². The average Bonchev–Trinajstić information content (AvgIpc) is 3.53. The first-order chi connectivity index (χ1) is 22.0. The summed E-state index contributed by atoms with van der Waals surface area (Å²) in [6.07, 6.45) is -4.61. The predicted octanol–water partition coefficient (Wildman–Crippen LogP) is 4.26. The normalized spacial score (nSPS) is 20.6. The zero-order chi connectivity index (χ0) is 34.7. The molecule has 2 aliphatic rings. The molecule has 47 heavy (non-hydrogen) atoms. The van der Waals surface area contributed by atoms with Gasteiger partial charge in [-0.05, 0) is 56.0 Å². The molecular weight excluding hydrogens is 636 g/mol. The Morgan fingerprint density at radius 3 is 2.38 bits per heavy atom. The van der Waals surface area contributed by atoms with Crippen LogP contribution in [0.1, 0.15) is 37.8 Å². The fourth-order valence-corrected chi connectivity index (χ4v) is 5.77. The minimum atomic E-state index is -6.20. The van der Waals surface area contributed by atoms with Crippen molar-refractivity contribution < 1.29 is 55.1 Å². The largest absolute Gasteiger partial charge is 0.463 e. The minimum Gasteiger partial charge on any atom is -0.463 e. The summed E-state index contributed by atoms with van der Waals surface area (Å²) in [6.45, 7) is 2.38. The van der Waals surface area contributed by atoms with Crippen LogP contribution in [-0.4, -0.2) is 71.7 Å². The highest BCUT2D eigenvalue weighted by Gasteiger charge is 2.63. The van der Waals surface area contributed by atoms with Gasteiger partial charge in [0.1, 0.15) is 5.82 Å². The third-order valence-electron chi connectivity index (χ3n) is 8.21. The molecule has 1 spiro atoms. The number of benzene rings is 2. The number of fused-ring (bicyclic) bond motifs is 2. The maximum Gasteiger partial charge on any atom is 0.463 e. The van der Waals surface area contributed by atoms with E-state index in [1.165, 1.54) is 28.4 Å². The van der Waals surface area contributed by atoms with Crippen molar-refractivity contribution in [1.29, 1.82) is 0 Å². The fraction of sp³-hybridized carbons (Fsp3) is 0.406. The Morgan fingerprint density at radius 1 is 1.09 bits per heavy atom. The van der Waals surface area contributed by atoms with Gasteiger partial charge in [-0.25, -0.2) is 9.18 Å². The van der Waals surface area contributed by atoms with Gasteiger partial charge in [-0.1, -0.05) is 36.4 Å². The number of Topliss-reactive ketones (excluding diaryl/α,β-unsaturated/α-hetero) is 1. The molecule has 15 heteroatoms. The predicted molar refractivity (Wildman–Crippen MR) is 154 cm³/mol. The summed E-state index contributed by atoms with van der Waals surface area (Å²) in [4.78, 5) is 66.0. The van der Waals surface area contributed by atoms with Gasteiger partial charge in [0.15, 0.2) is 5.78 Å². The monoisotopic (exact) mass is 667 g/mol. The summed E-state index contributed by atoms with van der Waals surface area (Å²) in [7, 11) is 0. The zero-order valence-electron chi connectivity index (χ0n) is 25.2. The highest BCUT2D eigenvalue weighted by Crippen LogP contribution is 2.47. The number of likely N-dealkylation sites (tertiary alicyclic amines) is 1. The SMILES string of the molecule is CCOC(=O)/C=C/[C@@H]1C[C@@]2(CN1C(=O)[C@@H](CC(=O)[C@H](C)NC(=O)C(F)(F)C(F)(F)F)Cc1ccc(F)cc1)C(=O)Nc1ccccc12. The maximum absolute atomic E-state index is 14.3. The van der Waals surface area contributed by atoms with Crippen molar-refractivity contribution in [2.75, 3.05) is 18.5 Å². The molecule has 0 bridgehead atoms. The smallest absolute Gasteiger partial charge is 0.463 e. The first-order valence-corrected chi connectivity index (χ1v) is 14.6. The summed E-state index contributed by atoms with van der Waals surface area (Å²) in [6, 6.07) is 9.00. The molecule has 3 amide bonds. The van der Waals surface area contributed by atoms with E-state index in [1.54, 1.807) is 31.2 Å². The molecule has 0 aromatic heterocycles. The van der Waals surface area contributed by atoms with Gasteiger partial charge < -0.3 is 20.3 Å².